The highest BCUT2D eigenvalue weighted by molar-refractivity contribution is 4.87. The van der Waals surface area contributed by atoms with Gasteiger partial charge in [-0.25, -0.2) is 4.68 Å². The Labute approximate surface area is 102 Å². The lowest BCUT2D eigenvalue weighted by Crippen LogP contribution is -2.31. The van der Waals surface area contributed by atoms with E-state index in [9.17, 15) is 0 Å². The van der Waals surface area contributed by atoms with E-state index in [1.807, 2.05) is 4.68 Å². The summed E-state index contributed by atoms with van der Waals surface area (Å²) in [5.41, 5.74) is 0. The van der Waals surface area contributed by atoms with Gasteiger partial charge in [0.1, 0.15) is 0 Å². The number of aromatic nitrogens is 4. The summed E-state index contributed by atoms with van der Waals surface area (Å²) in [7, 11) is 0. The standard InChI is InChI=1S/C11H21N5O/c1-8(2)12-6-11-13-14-15-16(11)10-4-5-17-7-9(10)3/h8-10,12H,4-7H2,1-3H3. The van der Waals surface area contributed by atoms with Gasteiger partial charge in [0.25, 0.3) is 0 Å². The van der Waals surface area contributed by atoms with Crippen molar-refractivity contribution in [2.75, 3.05) is 13.2 Å². The summed E-state index contributed by atoms with van der Waals surface area (Å²) in [6.07, 6.45) is 0.987. The molecule has 0 spiro atoms. The molecule has 1 aromatic rings. The molecule has 6 heteroatoms. The Hall–Kier alpha value is -1.01. The van der Waals surface area contributed by atoms with E-state index < -0.39 is 0 Å². The monoisotopic (exact) mass is 239 g/mol. The van der Waals surface area contributed by atoms with Gasteiger partial charge in [-0.15, -0.1) is 5.10 Å². The summed E-state index contributed by atoms with van der Waals surface area (Å²) in [5, 5.41) is 15.4. The van der Waals surface area contributed by atoms with Crippen molar-refractivity contribution in [2.24, 2.45) is 5.92 Å². The predicted molar refractivity (Wildman–Crippen MR) is 63.4 cm³/mol. The normalized spacial score (nSPS) is 25.4. The fraction of sp³-hybridized carbons (Fsp3) is 0.909. The maximum absolute atomic E-state index is 5.45. The molecule has 0 aromatic carbocycles. The second-order valence-corrected chi connectivity index (χ2v) is 4.98. The second kappa shape index (κ2) is 5.55. The Balaban J connectivity index is 2.06. The van der Waals surface area contributed by atoms with Gasteiger partial charge in [0.05, 0.1) is 19.2 Å². The molecule has 2 heterocycles. The molecule has 0 aliphatic carbocycles. The van der Waals surface area contributed by atoms with Crippen molar-refractivity contribution in [1.82, 2.24) is 25.5 Å². The van der Waals surface area contributed by atoms with Crippen molar-refractivity contribution in [3.8, 4) is 0 Å². The van der Waals surface area contributed by atoms with Gasteiger partial charge in [0.15, 0.2) is 5.82 Å². The first-order valence-corrected chi connectivity index (χ1v) is 6.26. The van der Waals surface area contributed by atoms with Crippen molar-refractivity contribution in [2.45, 2.75) is 45.8 Å². The Kier molecular flexibility index (Phi) is 4.06. The van der Waals surface area contributed by atoms with Crippen molar-refractivity contribution < 1.29 is 4.74 Å². The highest BCUT2D eigenvalue weighted by Crippen LogP contribution is 2.26. The minimum absolute atomic E-state index is 0.364. The quantitative estimate of drug-likeness (QED) is 0.840. The molecule has 2 unspecified atom stereocenters. The largest absolute Gasteiger partial charge is 0.381 e. The molecule has 1 saturated heterocycles. The van der Waals surface area contributed by atoms with E-state index >= 15 is 0 Å². The van der Waals surface area contributed by atoms with Gasteiger partial charge in [-0.05, 0) is 16.8 Å². The van der Waals surface area contributed by atoms with Gasteiger partial charge < -0.3 is 10.1 Å². The first kappa shape index (κ1) is 12.4. The van der Waals surface area contributed by atoms with E-state index in [-0.39, 0.29) is 0 Å². The van der Waals surface area contributed by atoms with Gasteiger partial charge in [-0.3, -0.25) is 0 Å². The SMILES string of the molecule is CC(C)NCc1nnnn1C1CCOCC1C. The first-order valence-electron chi connectivity index (χ1n) is 6.26. The number of ether oxygens (including phenoxy) is 1. The highest BCUT2D eigenvalue weighted by atomic mass is 16.5. The molecule has 2 atom stereocenters. The topological polar surface area (TPSA) is 64.9 Å². The number of rotatable bonds is 4. The first-order chi connectivity index (χ1) is 8.18. The fourth-order valence-electron chi connectivity index (χ4n) is 2.11. The van der Waals surface area contributed by atoms with Crippen LogP contribution in [0.4, 0.5) is 0 Å². The van der Waals surface area contributed by atoms with Crippen LogP contribution < -0.4 is 5.32 Å². The van der Waals surface area contributed by atoms with E-state index in [2.05, 4.69) is 41.6 Å². The maximum atomic E-state index is 5.45. The van der Waals surface area contributed by atoms with E-state index in [4.69, 9.17) is 4.74 Å². The van der Waals surface area contributed by atoms with Gasteiger partial charge >= 0.3 is 0 Å². The van der Waals surface area contributed by atoms with Crippen LogP contribution >= 0.6 is 0 Å². The minimum Gasteiger partial charge on any atom is -0.381 e. The third-order valence-corrected chi connectivity index (χ3v) is 3.14. The van der Waals surface area contributed by atoms with Crippen LogP contribution in [0.3, 0.4) is 0 Å². The van der Waals surface area contributed by atoms with E-state index in [1.165, 1.54) is 0 Å². The molecule has 96 valence electrons. The molecule has 1 aliphatic heterocycles. The zero-order chi connectivity index (χ0) is 12.3. The molecule has 0 bridgehead atoms. The lowest BCUT2D eigenvalue weighted by molar-refractivity contribution is 0.0234. The van der Waals surface area contributed by atoms with Crippen LogP contribution in [0.15, 0.2) is 0 Å². The zero-order valence-corrected chi connectivity index (χ0v) is 10.8. The molecular weight excluding hydrogens is 218 g/mol. The van der Waals surface area contributed by atoms with Crippen molar-refractivity contribution in [1.29, 1.82) is 0 Å². The molecule has 0 radical (unpaired) electrons. The lowest BCUT2D eigenvalue weighted by Gasteiger charge is -2.29. The third-order valence-electron chi connectivity index (χ3n) is 3.14. The Bertz CT molecular complexity index is 351. The molecule has 17 heavy (non-hydrogen) atoms. The van der Waals surface area contributed by atoms with Crippen LogP contribution in [0.2, 0.25) is 0 Å². The molecule has 0 saturated carbocycles. The fourth-order valence-corrected chi connectivity index (χ4v) is 2.11. The average Bonchev–Trinajstić information content (AvgIpc) is 2.75. The smallest absolute Gasteiger partial charge is 0.165 e. The minimum atomic E-state index is 0.364. The summed E-state index contributed by atoms with van der Waals surface area (Å²) >= 11 is 0. The molecule has 1 fully saturated rings. The number of hydrogen-bond donors (Lipinski definition) is 1. The molecule has 0 amide bonds. The van der Waals surface area contributed by atoms with Gasteiger partial charge in [0, 0.05) is 18.6 Å². The summed E-state index contributed by atoms with van der Waals surface area (Å²) in [6.45, 7) is 8.73. The Morgan fingerprint density at radius 2 is 2.35 bits per heavy atom. The molecule has 6 nitrogen and oxygen atoms in total. The van der Waals surface area contributed by atoms with Crippen LogP contribution in [0, 0.1) is 5.92 Å². The average molecular weight is 239 g/mol. The number of tetrazole rings is 1. The Morgan fingerprint density at radius 1 is 1.53 bits per heavy atom. The van der Waals surface area contributed by atoms with Gasteiger partial charge in [-0.2, -0.15) is 0 Å². The van der Waals surface area contributed by atoms with E-state index in [0.29, 0.717) is 18.0 Å². The van der Waals surface area contributed by atoms with Crippen molar-refractivity contribution in [3.05, 3.63) is 5.82 Å². The summed E-state index contributed by atoms with van der Waals surface area (Å²) in [5.74, 6) is 1.38. The second-order valence-electron chi connectivity index (χ2n) is 4.98. The maximum Gasteiger partial charge on any atom is 0.165 e. The molecular formula is C11H21N5O. The van der Waals surface area contributed by atoms with Crippen molar-refractivity contribution in [3.63, 3.8) is 0 Å². The zero-order valence-electron chi connectivity index (χ0n) is 10.8. The van der Waals surface area contributed by atoms with Gasteiger partial charge in [-0.1, -0.05) is 20.8 Å². The summed E-state index contributed by atoms with van der Waals surface area (Å²) in [4.78, 5) is 0. The molecule has 2 rings (SSSR count). The molecule has 1 aromatic heterocycles. The van der Waals surface area contributed by atoms with Crippen molar-refractivity contribution >= 4 is 0 Å². The summed E-state index contributed by atoms with van der Waals surface area (Å²) in [6, 6.07) is 0.801. The lowest BCUT2D eigenvalue weighted by atomic mass is 9.98. The van der Waals surface area contributed by atoms with E-state index in [1.54, 1.807) is 0 Å². The van der Waals surface area contributed by atoms with Gasteiger partial charge in [0.2, 0.25) is 0 Å². The number of hydrogen-bond acceptors (Lipinski definition) is 5. The van der Waals surface area contributed by atoms with Crippen LogP contribution in [0.1, 0.15) is 39.1 Å². The predicted octanol–water partition coefficient (Wildman–Crippen LogP) is 0.769. The van der Waals surface area contributed by atoms with Crippen LogP contribution in [-0.4, -0.2) is 39.5 Å². The highest BCUT2D eigenvalue weighted by Gasteiger charge is 2.26. The van der Waals surface area contributed by atoms with Crippen LogP contribution in [0.5, 0.6) is 0 Å². The Morgan fingerprint density at radius 3 is 3.06 bits per heavy atom. The molecule has 1 aliphatic rings. The molecule has 1 N–H and O–H groups in total. The summed E-state index contributed by atoms with van der Waals surface area (Å²) < 4.78 is 7.41. The number of nitrogens with zero attached hydrogens (tertiary/aromatic N) is 4. The van der Waals surface area contributed by atoms with E-state index in [0.717, 1.165) is 32.0 Å². The number of nitrogens with one attached hydrogen (secondary N) is 1. The van der Waals surface area contributed by atoms with Crippen LogP contribution in [-0.2, 0) is 11.3 Å². The van der Waals surface area contributed by atoms with Crippen LogP contribution in [0.25, 0.3) is 0 Å². The third kappa shape index (κ3) is 3.01.